The molecule has 0 spiro atoms. The molecule has 3 rings (SSSR count). The van der Waals surface area contributed by atoms with Crippen LogP contribution in [0, 0.1) is 0 Å². The van der Waals surface area contributed by atoms with E-state index in [1.807, 2.05) is 0 Å². The number of piperazine rings is 1. The molecule has 1 aromatic rings. The highest BCUT2D eigenvalue weighted by Gasteiger charge is 2.41. The molecule has 0 bridgehead atoms. The van der Waals surface area contributed by atoms with Gasteiger partial charge >= 0.3 is 0 Å². The lowest BCUT2D eigenvalue weighted by molar-refractivity contribution is -0.135. The molecular formula is C14H13N3O4. The lowest BCUT2D eigenvalue weighted by Gasteiger charge is -2.41. The van der Waals surface area contributed by atoms with E-state index in [0.717, 1.165) is 0 Å². The Balaban J connectivity index is 2.03. The average molecular weight is 287 g/mol. The standard InChI is InChI=1S/C14H13N3O4/c1-14(2)13(21)16-10(18)6-17(14)7-3-4-8-9(5-7)15-12(20)11(8)19/h3-5H,6H2,1-2H3,(H,15,19,20)(H,16,18,21). The van der Waals surface area contributed by atoms with Crippen LogP contribution in [0.25, 0.3) is 0 Å². The van der Waals surface area contributed by atoms with E-state index in [0.29, 0.717) is 16.9 Å². The Morgan fingerprint density at radius 1 is 1.10 bits per heavy atom. The summed E-state index contributed by atoms with van der Waals surface area (Å²) in [6.45, 7) is 3.43. The number of Topliss-reactive ketones (excluding diaryl/α,β-unsaturated/α-hetero) is 1. The highest BCUT2D eigenvalue weighted by atomic mass is 16.2. The van der Waals surface area contributed by atoms with Crippen LogP contribution in [-0.4, -0.2) is 35.6 Å². The first kappa shape index (κ1) is 13.3. The molecule has 0 aliphatic carbocycles. The predicted octanol–water partition coefficient (Wildman–Crippen LogP) is 0.0628. The van der Waals surface area contributed by atoms with E-state index in [2.05, 4.69) is 10.6 Å². The number of nitrogens with one attached hydrogen (secondary N) is 2. The Morgan fingerprint density at radius 2 is 1.81 bits per heavy atom. The molecule has 1 aromatic carbocycles. The summed E-state index contributed by atoms with van der Waals surface area (Å²) < 4.78 is 0. The molecule has 1 fully saturated rings. The van der Waals surface area contributed by atoms with Crippen molar-refractivity contribution in [2.45, 2.75) is 19.4 Å². The number of ketones is 1. The zero-order chi connectivity index (χ0) is 15.4. The van der Waals surface area contributed by atoms with Gasteiger partial charge in [0.25, 0.3) is 17.6 Å². The quantitative estimate of drug-likeness (QED) is 0.562. The van der Waals surface area contributed by atoms with Gasteiger partial charge in [-0.05, 0) is 32.0 Å². The third kappa shape index (κ3) is 1.89. The van der Waals surface area contributed by atoms with Crippen LogP contribution in [0.1, 0.15) is 24.2 Å². The van der Waals surface area contributed by atoms with Gasteiger partial charge in [-0.1, -0.05) is 0 Å². The summed E-state index contributed by atoms with van der Waals surface area (Å²) >= 11 is 0. The van der Waals surface area contributed by atoms with Gasteiger partial charge in [-0.2, -0.15) is 0 Å². The average Bonchev–Trinajstić information content (AvgIpc) is 2.69. The normalized spacial score (nSPS) is 20.2. The highest BCUT2D eigenvalue weighted by Crippen LogP contribution is 2.32. The number of benzene rings is 1. The molecule has 108 valence electrons. The maximum absolute atomic E-state index is 12.0. The van der Waals surface area contributed by atoms with Crippen molar-refractivity contribution in [1.29, 1.82) is 0 Å². The van der Waals surface area contributed by atoms with Crippen molar-refractivity contribution in [2.24, 2.45) is 0 Å². The zero-order valence-electron chi connectivity index (χ0n) is 11.5. The second-order valence-electron chi connectivity index (χ2n) is 5.54. The van der Waals surface area contributed by atoms with Crippen LogP contribution >= 0.6 is 0 Å². The molecule has 2 aliphatic rings. The SMILES string of the molecule is CC1(C)C(=O)NC(=O)CN1c1ccc2c(c1)NC(=O)C2=O. The van der Waals surface area contributed by atoms with Gasteiger partial charge in [-0.25, -0.2) is 0 Å². The van der Waals surface area contributed by atoms with E-state index in [9.17, 15) is 19.2 Å². The van der Waals surface area contributed by atoms with Crippen LogP contribution in [0.3, 0.4) is 0 Å². The molecule has 0 atom stereocenters. The van der Waals surface area contributed by atoms with Crippen molar-refractivity contribution >= 4 is 34.9 Å². The summed E-state index contributed by atoms with van der Waals surface area (Å²) in [7, 11) is 0. The first-order valence-electron chi connectivity index (χ1n) is 6.42. The maximum Gasteiger partial charge on any atom is 0.296 e. The van der Waals surface area contributed by atoms with Crippen LogP contribution in [0.4, 0.5) is 11.4 Å². The summed E-state index contributed by atoms with van der Waals surface area (Å²) in [5, 5.41) is 4.77. The molecule has 0 radical (unpaired) electrons. The lowest BCUT2D eigenvalue weighted by atomic mass is 9.97. The Bertz CT molecular complexity index is 708. The fourth-order valence-corrected chi connectivity index (χ4v) is 2.50. The number of hydrogen-bond donors (Lipinski definition) is 2. The molecule has 2 N–H and O–H groups in total. The number of amides is 3. The molecular weight excluding hydrogens is 274 g/mol. The predicted molar refractivity (Wildman–Crippen MR) is 74.0 cm³/mol. The number of imide groups is 1. The summed E-state index contributed by atoms with van der Waals surface area (Å²) in [5.74, 6) is -2.03. The van der Waals surface area contributed by atoms with Crippen molar-refractivity contribution in [2.75, 3.05) is 16.8 Å². The second-order valence-corrected chi connectivity index (χ2v) is 5.54. The second kappa shape index (κ2) is 4.15. The van der Waals surface area contributed by atoms with Gasteiger partial charge in [-0.15, -0.1) is 0 Å². The van der Waals surface area contributed by atoms with Crippen LogP contribution in [-0.2, 0) is 14.4 Å². The molecule has 0 aromatic heterocycles. The number of hydrogen-bond acceptors (Lipinski definition) is 5. The molecule has 3 amide bonds. The number of carbonyl (C=O) groups excluding carboxylic acids is 4. The number of anilines is 2. The molecule has 21 heavy (non-hydrogen) atoms. The fourth-order valence-electron chi connectivity index (χ4n) is 2.50. The maximum atomic E-state index is 12.0. The number of carbonyl (C=O) groups is 4. The molecule has 2 aliphatic heterocycles. The van der Waals surface area contributed by atoms with E-state index in [4.69, 9.17) is 0 Å². The van der Waals surface area contributed by atoms with Crippen molar-refractivity contribution < 1.29 is 19.2 Å². The minimum absolute atomic E-state index is 0.0272. The van der Waals surface area contributed by atoms with Crippen LogP contribution in [0.15, 0.2) is 18.2 Å². The Labute approximate surface area is 120 Å². The van der Waals surface area contributed by atoms with Crippen LogP contribution in [0.2, 0.25) is 0 Å². The van der Waals surface area contributed by atoms with E-state index in [-0.39, 0.29) is 18.4 Å². The molecule has 7 nitrogen and oxygen atoms in total. The van der Waals surface area contributed by atoms with Crippen molar-refractivity contribution in [1.82, 2.24) is 5.32 Å². The van der Waals surface area contributed by atoms with Gasteiger partial charge in [-0.3, -0.25) is 24.5 Å². The lowest BCUT2D eigenvalue weighted by Crippen LogP contribution is -2.64. The third-order valence-electron chi connectivity index (χ3n) is 3.80. The van der Waals surface area contributed by atoms with Crippen LogP contribution in [0.5, 0.6) is 0 Å². The molecule has 1 saturated heterocycles. The number of nitrogens with zero attached hydrogens (tertiary/aromatic N) is 1. The van der Waals surface area contributed by atoms with Gasteiger partial charge in [0.2, 0.25) is 5.91 Å². The van der Waals surface area contributed by atoms with Crippen LogP contribution < -0.4 is 15.5 Å². The summed E-state index contributed by atoms with van der Waals surface area (Å²) in [6, 6.07) is 4.76. The number of rotatable bonds is 1. The summed E-state index contributed by atoms with van der Waals surface area (Å²) in [4.78, 5) is 48.1. The summed E-state index contributed by atoms with van der Waals surface area (Å²) in [6.07, 6.45) is 0. The Hall–Kier alpha value is -2.70. The Morgan fingerprint density at radius 3 is 2.52 bits per heavy atom. The van der Waals surface area contributed by atoms with Gasteiger partial charge in [0, 0.05) is 5.69 Å². The summed E-state index contributed by atoms with van der Waals surface area (Å²) in [5.41, 5.74) is 0.386. The van der Waals surface area contributed by atoms with Crippen molar-refractivity contribution in [3.8, 4) is 0 Å². The molecule has 0 saturated carbocycles. The first-order chi connectivity index (χ1) is 9.80. The van der Waals surface area contributed by atoms with E-state index in [1.165, 1.54) is 6.07 Å². The highest BCUT2D eigenvalue weighted by molar-refractivity contribution is 6.51. The fraction of sp³-hybridized carbons (Fsp3) is 0.286. The first-order valence-corrected chi connectivity index (χ1v) is 6.42. The van der Waals surface area contributed by atoms with Gasteiger partial charge in [0.05, 0.1) is 17.8 Å². The minimum Gasteiger partial charge on any atom is -0.348 e. The monoisotopic (exact) mass is 287 g/mol. The Kier molecular flexibility index (Phi) is 2.62. The third-order valence-corrected chi connectivity index (χ3v) is 3.80. The van der Waals surface area contributed by atoms with E-state index < -0.39 is 17.2 Å². The number of fused-ring (bicyclic) bond motifs is 1. The van der Waals surface area contributed by atoms with Crippen molar-refractivity contribution in [3.05, 3.63) is 23.8 Å². The minimum atomic E-state index is -0.908. The molecule has 0 unspecified atom stereocenters. The zero-order valence-corrected chi connectivity index (χ0v) is 11.5. The van der Waals surface area contributed by atoms with Crippen molar-refractivity contribution in [3.63, 3.8) is 0 Å². The van der Waals surface area contributed by atoms with Gasteiger partial charge in [0.1, 0.15) is 5.54 Å². The molecule has 2 heterocycles. The van der Waals surface area contributed by atoms with E-state index in [1.54, 1.807) is 30.9 Å². The van der Waals surface area contributed by atoms with Gasteiger partial charge < -0.3 is 10.2 Å². The van der Waals surface area contributed by atoms with Gasteiger partial charge in [0.15, 0.2) is 0 Å². The van der Waals surface area contributed by atoms with E-state index >= 15 is 0 Å². The smallest absolute Gasteiger partial charge is 0.296 e. The largest absolute Gasteiger partial charge is 0.348 e. The molecule has 7 heteroatoms. The topological polar surface area (TPSA) is 95.6 Å².